The van der Waals surface area contributed by atoms with Gasteiger partial charge in [0.2, 0.25) is 5.95 Å². The SMILES string of the molecule is CN1CCC(c2nc(-c3cccc(NSc4cc(F)ccc4F)c3F)c(-c3ccnc(F)c3)s2)CC1. The predicted molar refractivity (Wildman–Crippen MR) is 136 cm³/mol. The Morgan fingerprint density at radius 3 is 2.61 bits per heavy atom. The molecule has 0 aliphatic carbocycles. The number of thiazole rings is 1. The number of nitrogens with one attached hydrogen (secondary N) is 1. The number of nitrogens with zero attached hydrogens (tertiary/aromatic N) is 3. The molecule has 1 saturated heterocycles. The third kappa shape index (κ3) is 5.25. The van der Waals surface area contributed by atoms with Gasteiger partial charge in [-0.2, -0.15) is 4.39 Å². The molecule has 0 unspecified atom stereocenters. The first-order chi connectivity index (χ1) is 17.4. The first-order valence-electron chi connectivity index (χ1n) is 11.4. The van der Waals surface area contributed by atoms with Crippen LogP contribution in [0.25, 0.3) is 21.7 Å². The molecule has 4 aromatic rings. The average Bonchev–Trinajstić information content (AvgIpc) is 3.31. The minimum Gasteiger partial charge on any atom is -0.323 e. The van der Waals surface area contributed by atoms with Crippen molar-refractivity contribution >= 4 is 29.0 Å². The fourth-order valence-electron chi connectivity index (χ4n) is 4.15. The van der Waals surface area contributed by atoms with Gasteiger partial charge in [0.05, 0.1) is 26.2 Å². The Labute approximate surface area is 214 Å². The molecule has 1 N–H and O–H groups in total. The van der Waals surface area contributed by atoms with E-state index in [1.54, 1.807) is 18.2 Å². The van der Waals surface area contributed by atoms with Gasteiger partial charge in [0, 0.05) is 23.7 Å². The molecule has 186 valence electrons. The maximum Gasteiger partial charge on any atom is 0.213 e. The Kier molecular flexibility index (Phi) is 7.27. The van der Waals surface area contributed by atoms with Crippen molar-refractivity contribution in [2.24, 2.45) is 0 Å². The number of anilines is 1. The second-order valence-corrected chi connectivity index (χ2v) is 10.5. The van der Waals surface area contributed by atoms with E-state index in [-0.39, 0.29) is 22.1 Å². The summed E-state index contributed by atoms with van der Waals surface area (Å²) in [6, 6.07) is 10.9. The number of benzene rings is 2. The van der Waals surface area contributed by atoms with Crippen molar-refractivity contribution in [2.75, 3.05) is 24.9 Å². The molecule has 2 aromatic heterocycles. The molecule has 1 aliphatic rings. The topological polar surface area (TPSA) is 41.1 Å². The summed E-state index contributed by atoms with van der Waals surface area (Å²) in [7, 11) is 2.08. The second-order valence-electron chi connectivity index (χ2n) is 8.62. The molecule has 4 nitrogen and oxygen atoms in total. The smallest absolute Gasteiger partial charge is 0.213 e. The first-order valence-corrected chi connectivity index (χ1v) is 13.0. The van der Waals surface area contributed by atoms with Crippen LogP contribution in [0.3, 0.4) is 0 Å². The van der Waals surface area contributed by atoms with E-state index in [0.29, 0.717) is 16.1 Å². The Morgan fingerprint density at radius 1 is 1.03 bits per heavy atom. The lowest BCUT2D eigenvalue weighted by atomic mass is 9.98. The third-order valence-corrected chi connectivity index (χ3v) is 8.24. The zero-order valence-electron chi connectivity index (χ0n) is 19.3. The largest absolute Gasteiger partial charge is 0.323 e. The van der Waals surface area contributed by atoms with Crippen molar-refractivity contribution in [2.45, 2.75) is 23.7 Å². The van der Waals surface area contributed by atoms with Gasteiger partial charge in [-0.05, 0) is 86.9 Å². The highest BCUT2D eigenvalue weighted by molar-refractivity contribution is 8.00. The number of aromatic nitrogens is 2. The summed E-state index contributed by atoms with van der Waals surface area (Å²) in [5, 5.41) is 0.888. The van der Waals surface area contributed by atoms with Gasteiger partial charge in [-0.1, -0.05) is 6.07 Å². The van der Waals surface area contributed by atoms with Crippen LogP contribution in [0.2, 0.25) is 0 Å². The molecule has 1 aliphatic heterocycles. The van der Waals surface area contributed by atoms with Gasteiger partial charge >= 0.3 is 0 Å². The minimum atomic E-state index is -0.628. The van der Waals surface area contributed by atoms with Crippen LogP contribution in [-0.4, -0.2) is 35.0 Å². The molecule has 0 amide bonds. The lowest BCUT2D eigenvalue weighted by Crippen LogP contribution is -2.29. The van der Waals surface area contributed by atoms with Crippen LogP contribution in [0.5, 0.6) is 0 Å². The van der Waals surface area contributed by atoms with E-state index in [0.717, 1.165) is 61.1 Å². The number of hydrogen-bond donors (Lipinski definition) is 1. The predicted octanol–water partition coefficient (Wildman–Crippen LogP) is 7.36. The fourth-order valence-corrected chi connectivity index (χ4v) is 6.11. The van der Waals surface area contributed by atoms with Crippen molar-refractivity contribution < 1.29 is 17.6 Å². The highest BCUT2D eigenvalue weighted by atomic mass is 32.2. The van der Waals surface area contributed by atoms with Crippen molar-refractivity contribution in [3.8, 4) is 21.7 Å². The van der Waals surface area contributed by atoms with E-state index in [1.807, 2.05) is 0 Å². The Hall–Kier alpha value is -2.95. The lowest BCUT2D eigenvalue weighted by molar-refractivity contribution is 0.255. The van der Waals surface area contributed by atoms with E-state index in [2.05, 4.69) is 21.7 Å². The van der Waals surface area contributed by atoms with Crippen molar-refractivity contribution in [3.05, 3.63) is 83.1 Å². The molecular formula is C26H22F4N4S2. The number of piperidine rings is 1. The Morgan fingerprint density at radius 2 is 1.83 bits per heavy atom. The highest BCUT2D eigenvalue weighted by Crippen LogP contribution is 2.43. The molecule has 3 heterocycles. The maximum atomic E-state index is 15.7. The van der Waals surface area contributed by atoms with Crippen LogP contribution >= 0.6 is 23.3 Å². The summed E-state index contributed by atoms with van der Waals surface area (Å²) in [5.74, 6) is -2.18. The zero-order valence-corrected chi connectivity index (χ0v) is 20.9. The summed E-state index contributed by atoms with van der Waals surface area (Å²) >= 11 is 2.22. The third-order valence-electron chi connectivity index (χ3n) is 6.12. The van der Waals surface area contributed by atoms with E-state index in [9.17, 15) is 13.2 Å². The fraction of sp³-hybridized carbons (Fsp3) is 0.231. The molecule has 5 rings (SSSR count). The van der Waals surface area contributed by atoms with Crippen molar-refractivity contribution in [1.82, 2.24) is 14.9 Å². The number of rotatable bonds is 6. The molecule has 2 aromatic carbocycles. The molecule has 0 radical (unpaired) electrons. The Balaban J connectivity index is 1.52. The molecule has 0 saturated carbocycles. The van der Waals surface area contributed by atoms with Crippen molar-refractivity contribution in [3.63, 3.8) is 0 Å². The monoisotopic (exact) mass is 530 g/mol. The minimum absolute atomic E-state index is 0.00552. The highest BCUT2D eigenvalue weighted by Gasteiger charge is 2.26. The quantitative estimate of drug-likeness (QED) is 0.160. The van der Waals surface area contributed by atoms with Crippen LogP contribution in [0.1, 0.15) is 23.8 Å². The van der Waals surface area contributed by atoms with Gasteiger partial charge in [-0.15, -0.1) is 11.3 Å². The van der Waals surface area contributed by atoms with Crippen LogP contribution < -0.4 is 4.72 Å². The van der Waals surface area contributed by atoms with Gasteiger partial charge in [0.25, 0.3) is 0 Å². The summed E-state index contributed by atoms with van der Waals surface area (Å²) in [5.41, 5.74) is 1.33. The number of likely N-dealkylation sites (tertiary alicyclic amines) is 1. The summed E-state index contributed by atoms with van der Waals surface area (Å²) in [6.45, 7) is 1.89. The van der Waals surface area contributed by atoms with Gasteiger partial charge in [-0.3, -0.25) is 0 Å². The van der Waals surface area contributed by atoms with Crippen LogP contribution in [0.4, 0.5) is 23.2 Å². The zero-order chi connectivity index (χ0) is 25.2. The normalized spacial score (nSPS) is 14.8. The van der Waals surface area contributed by atoms with Crippen LogP contribution in [0, 0.1) is 23.4 Å². The van der Waals surface area contributed by atoms with Crippen LogP contribution in [0.15, 0.2) is 59.6 Å². The van der Waals surface area contributed by atoms with E-state index in [4.69, 9.17) is 4.98 Å². The van der Waals surface area contributed by atoms with Gasteiger partial charge in [-0.25, -0.2) is 23.1 Å². The molecule has 10 heteroatoms. The lowest BCUT2D eigenvalue weighted by Gasteiger charge is -2.27. The number of halogens is 4. The summed E-state index contributed by atoms with van der Waals surface area (Å²) in [4.78, 5) is 11.4. The molecular weight excluding hydrogens is 508 g/mol. The van der Waals surface area contributed by atoms with E-state index in [1.165, 1.54) is 29.7 Å². The van der Waals surface area contributed by atoms with Gasteiger partial charge < -0.3 is 9.62 Å². The van der Waals surface area contributed by atoms with E-state index >= 15 is 4.39 Å². The van der Waals surface area contributed by atoms with Crippen molar-refractivity contribution in [1.29, 1.82) is 0 Å². The van der Waals surface area contributed by atoms with Gasteiger partial charge in [0.15, 0.2) is 5.82 Å². The number of hydrogen-bond acceptors (Lipinski definition) is 6. The van der Waals surface area contributed by atoms with E-state index < -0.39 is 23.4 Å². The average molecular weight is 531 g/mol. The summed E-state index contributed by atoms with van der Waals surface area (Å²) in [6.07, 6.45) is 3.25. The van der Waals surface area contributed by atoms with Gasteiger partial charge in [0.1, 0.15) is 11.6 Å². The van der Waals surface area contributed by atoms with Crippen LogP contribution in [-0.2, 0) is 0 Å². The Bertz CT molecular complexity index is 1390. The standard InChI is InChI=1S/C26H22F4N4S2/c1-34-11-8-15(9-12-34)26-32-24(25(35-26)16-7-10-31-22(29)13-16)18-3-2-4-20(23(18)30)33-36-21-14-17(27)5-6-19(21)28/h2-7,10,13-15,33H,8-9,11-12H2,1H3. The molecule has 0 spiro atoms. The second kappa shape index (κ2) is 10.6. The maximum absolute atomic E-state index is 15.7. The molecule has 36 heavy (non-hydrogen) atoms. The molecule has 0 atom stereocenters. The first kappa shape index (κ1) is 24.7. The molecule has 0 bridgehead atoms. The molecule has 1 fully saturated rings. The summed E-state index contributed by atoms with van der Waals surface area (Å²) < 4.78 is 60.1. The number of pyridine rings is 1.